The smallest absolute Gasteiger partial charge is 0.150 e. The van der Waals surface area contributed by atoms with Gasteiger partial charge in [-0.25, -0.2) is 8.42 Å². The first-order valence-corrected chi connectivity index (χ1v) is 9.36. The number of sulfone groups is 1. The van der Waals surface area contributed by atoms with Crippen molar-refractivity contribution in [1.82, 2.24) is 5.32 Å². The van der Waals surface area contributed by atoms with Crippen molar-refractivity contribution in [3.05, 3.63) is 0 Å². The van der Waals surface area contributed by atoms with E-state index in [2.05, 4.69) is 12.2 Å². The minimum atomic E-state index is -2.85. The van der Waals surface area contributed by atoms with Crippen molar-refractivity contribution in [3.8, 4) is 0 Å². The van der Waals surface area contributed by atoms with Gasteiger partial charge in [-0.1, -0.05) is 20.3 Å². The Labute approximate surface area is 117 Å². The van der Waals surface area contributed by atoms with Crippen LogP contribution in [0.15, 0.2) is 0 Å². The third kappa shape index (κ3) is 6.23. The van der Waals surface area contributed by atoms with E-state index in [0.29, 0.717) is 19.5 Å². The fraction of sp³-hybridized carbons (Fsp3) is 1.00. The molecule has 114 valence electrons. The Bertz CT molecular complexity index is 346. The molecule has 0 amide bonds. The second kappa shape index (κ2) is 7.60. The molecule has 0 aromatic rings. The monoisotopic (exact) mass is 291 g/mol. The van der Waals surface area contributed by atoms with Crippen LogP contribution in [0.5, 0.6) is 0 Å². The van der Waals surface area contributed by atoms with E-state index in [-0.39, 0.29) is 11.5 Å². The first kappa shape index (κ1) is 16.9. The molecule has 0 aromatic heterocycles. The molecule has 4 nitrogen and oxygen atoms in total. The molecule has 0 radical (unpaired) electrons. The Balaban J connectivity index is 2.16. The highest BCUT2D eigenvalue weighted by molar-refractivity contribution is 7.91. The van der Waals surface area contributed by atoms with E-state index in [9.17, 15) is 13.5 Å². The van der Waals surface area contributed by atoms with Gasteiger partial charge in [0.25, 0.3) is 0 Å². The molecule has 1 aliphatic carbocycles. The molecular weight excluding hydrogens is 262 g/mol. The third-order valence-corrected chi connectivity index (χ3v) is 6.11. The molecule has 5 heteroatoms. The summed E-state index contributed by atoms with van der Waals surface area (Å²) >= 11 is 0. The predicted octanol–water partition coefficient (Wildman–Crippen LogP) is 1.73. The maximum Gasteiger partial charge on any atom is 0.150 e. The molecule has 2 N–H and O–H groups in total. The normalized spacial score (nSPS) is 28.5. The summed E-state index contributed by atoms with van der Waals surface area (Å²) in [6.07, 6.45) is 5.79. The van der Waals surface area contributed by atoms with E-state index in [1.54, 1.807) is 6.92 Å². The zero-order valence-corrected chi connectivity index (χ0v) is 13.1. The number of hydrogen-bond acceptors (Lipinski definition) is 4. The van der Waals surface area contributed by atoms with Gasteiger partial charge in [0.15, 0.2) is 0 Å². The van der Waals surface area contributed by atoms with Crippen molar-refractivity contribution in [2.75, 3.05) is 24.6 Å². The highest BCUT2D eigenvalue weighted by Gasteiger charge is 2.31. The minimum Gasteiger partial charge on any atom is -0.389 e. The average molecular weight is 291 g/mol. The Morgan fingerprint density at radius 1 is 1.26 bits per heavy atom. The predicted molar refractivity (Wildman–Crippen MR) is 79.0 cm³/mol. The molecule has 0 aliphatic heterocycles. The number of hydrogen-bond donors (Lipinski definition) is 2. The lowest BCUT2D eigenvalue weighted by atomic mass is 9.78. The topological polar surface area (TPSA) is 66.4 Å². The summed E-state index contributed by atoms with van der Waals surface area (Å²) in [6, 6.07) is 0. The fourth-order valence-electron chi connectivity index (χ4n) is 2.68. The van der Waals surface area contributed by atoms with Gasteiger partial charge in [0, 0.05) is 12.3 Å². The molecule has 0 atom stereocenters. The first-order valence-electron chi connectivity index (χ1n) is 7.54. The molecule has 0 aromatic carbocycles. The van der Waals surface area contributed by atoms with Crippen molar-refractivity contribution < 1.29 is 13.5 Å². The summed E-state index contributed by atoms with van der Waals surface area (Å²) in [6.45, 7) is 5.15. The Morgan fingerprint density at radius 3 is 2.42 bits per heavy atom. The van der Waals surface area contributed by atoms with Crippen LogP contribution in [0.4, 0.5) is 0 Å². The van der Waals surface area contributed by atoms with Crippen LogP contribution in [0.25, 0.3) is 0 Å². The SMILES string of the molecule is CCC1CCC(O)(CNCCCS(=O)(=O)CC)CC1. The van der Waals surface area contributed by atoms with Gasteiger partial charge in [-0.2, -0.15) is 0 Å². The Morgan fingerprint density at radius 2 is 1.89 bits per heavy atom. The van der Waals surface area contributed by atoms with E-state index in [0.717, 1.165) is 31.6 Å². The lowest BCUT2D eigenvalue weighted by molar-refractivity contribution is -0.00837. The van der Waals surface area contributed by atoms with Crippen LogP contribution >= 0.6 is 0 Å². The highest BCUT2D eigenvalue weighted by atomic mass is 32.2. The lowest BCUT2D eigenvalue weighted by Crippen LogP contribution is -2.43. The van der Waals surface area contributed by atoms with Gasteiger partial charge in [-0.3, -0.25) is 0 Å². The highest BCUT2D eigenvalue weighted by Crippen LogP contribution is 2.33. The second-order valence-electron chi connectivity index (χ2n) is 5.84. The summed E-state index contributed by atoms with van der Waals surface area (Å²) in [5.74, 6) is 1.23. The minimum absolute atomic E-state index is 0.218. The van der Waals surface area contributed by atoms with Gasteiger partial charge >= 0.3 is 0 Å². The maximum absolute atomic E-state index is 11.3. The van der Waals surface area contributed by atoms with Crippen LogP contribution in [-0.2, 0) is 9.84 Å². The molecule has 0 saturated heterocycles. The Kier molecular flexibility index (Phi) is 6.77. The summed E-state index contributed by atoms with van der Waals surface area (Å²) in [4.78, 5) is 0. The summed E-state index contributed by atoms with van der Waals surface area (Å²) in [7, 11) is -2.85. The number of rotatable bonds is 8. The van der Waals surface area contributed by atoms with Gasteiger partial charge < -0.3 is 10.4 Å². The van der Waals surface area contributed by atoms with Gasteiger partial charge in [0.05, 0.1) is 11.4 Å². The zero-order chi connectivity index (χ0) is 14.4. The number of aliphatic hydroxyl groups is 1. The molecule has 0 unspecified atom stereocenters. The molecule has 1 fully saturated rings. The second-order valence-corrected chi connectivity index (χ2v) is 8.32. The average Bonchev–Trinajstić information content (AvgIpc) is 2.39. The van der Waals surface area contributed by atoms with Crippen LogP contribution in [-0.4, -0.2) is 43.7 Å². The van der Waals surface area contributed by atoms with E-state index in [1.807, 2.05) is 0 Å². The maximum atomic E-state index is 11.3. The van der Waals surface area contributed by atoms with Gasteiger partial charge in [0.2, 0.25) is 0 Å². The van der Waals surface area contributed by atoms with Crippen molar-refractivity contribution >= 4 is 9.84 Å². The van der Waals surface area contributed by atoms with E-state index >= 15 is 0 Å². The first-order chi connectivity index (χ1) is 8.91. The molecule has 0 bridgehead atoms. The van der Waals surface area contributed by atoms with E-state index in [4.69, 9.17) is 0 Å². The number of nitrogens with one attached hydrogen (secondary N) is 1. The van der Waals surface area contributed by atoms with Gasteiger partial charge in [0.1, 0.15) is 9.84 Å². The molecule has 0 heterocycles. The molecule has 0 spiro atoms. The van der Waals surface area contributed by atoms with Crippen LogP contribution in [0, 0.1) is 5.92 Å². The molecule has 1 aliphatic rings. The largest absolute Gasteiger partial charge is 0.389 e. The summed E-state index contributed by atoms with van der Waals surface area (Å²) < 4.78 is 22.6. The van der Waals surface area contributed by atoms with Gasteiger partial charge in [-0.05, 0) is 44.6 Å². The van der Waals surface area contributed by atoms with Crippen molar-refractivity contribution in [2.24, 2.45) is 5.92 Å². The zero-order valence-electron chi connectivity index (χ0n) is 12.3. The van der Waals surface area contributed by atoms with Crippen LogP contribution < -0.4 is 5.32 Å². The molecular formula is C14H29NO3S. The van der Waals surface area contributed by atoms with Crippen molar-refractivity contribution in [1.29, 1.82) is 0 Å². The third-order valence-electron chi connectivity index (χ3n) is 4.32. The quantitative estimate of drug-likeness (QED) is 0.668. The summed E-state index contributed by atoms with van der Waals surface area (Å²) in [5.41, 5.74) is -0.574. The van der Waals surface area contributed by atoms with Gasteiger partial charge in [-0.15, -0.1) is 0 Å². The molecule has 1 saturated carbocycles. The fourth-order valence-corrected chi connectivity index (χ4v) is 3.56. The van der Waals surface area contributed by atoms with Crippen molar-refractivity contribution in [3.63, 3.8) is 0 Å². The standard InChI is InChI=1S/C14H29NO3S/c1-3-13-6-8-14(16,9-7-13)12-15-10-5-11-19(17,18)4-2/h13,15-16H,3-12H2,1-2H3. The van der Waals surface area contributed by atoms with E-state index in [1.165, 1.54) is 6.42 Å². The van der Waals surface area contributed by atoms with Crippen LogP contribution in [0.1, 0.15) is 52.4 Å². The van der Waals surface area contributed by atoms with Crippen molar-refractivity contribution in [2.45, 2.75) is 58.0 Å². The lowest BCUT2D eigenvalue weighted by Gasteiger charge is -2.36. The molecule has 1 rings (SSSR count). The van der Waals surface area contributed by atoms with Crippen LogP contribution in [0.3, 0.4) is 0 Å². The van der Waals surface area contributed by atoms with Crippen LogP contribution in [0.2, 0.25) is 0 Å². The molecule has 19 heavy (non-hydrogen) atoms. The van der Waals surface area contributed by atoms with E-state index < -0.39 is 15.4 Å². The Hall–Kier alpha value is -0.130. The summed E-state index contributed by atoms with van der Waals surface area (Å²) in [5, 5.41) is 13.6.